The fourth-order valence-corrected chi connectivity index (χ4v) is 2.11. The van der Waals surface area contributed by atoms with Gasteiger partial charge in [-0.15, -0.1) is 0 Å². The van der Waals surface area contributed by atoms with E-state index in [0.717, 1.165) is 5.56 Å². The van der Waals surface area contributed by atoms with E-state index >= 15 is 0 Å². The molecule has 140 valence electrons. The van der Waals surface area contributed by atoms with Gasteiger partial charge < -0.3 is 14.8 Å². The SMILES string of the molecule is CCOC(=O)CCCOc1cccc(C[C@H](C)NC(=O)C(F)(F)F)c1. The Hall–Kier alpha value is -2.25. The summed E-state index contributed by atoms with van der Waals surface area (Å²) >= 11 is 0. The highest BCUT2D eigenvalue weighted by molar-refractivity contribution is 5.81. The standard InChI is InChI=1S/C17H22F3NO4/c1-3-24-15(22)8-5-9-25-14-7-4-6-13(11-14)10-12(2)21-16(23)17(18,19)20/h4,6-7,11-12H,3,5,8-10H2,1-2H3,(H,21,23)/t12-/m0/s1. The van der Waals surface area contributed by atoms with E-state index in [-0.39, 0.29) is 18.8 Å². The van der Waals surface area contributed by atoms with Crippen LogP contribution in [0, 0.1) is 0 Å². The van der Waals surface area contributed by atoms with Gasteiger partial charge in [-0.3, -0.25) is 9.59 Å². The van der Waals surface area contributed by atoms with Gasteiger partial charge in [-0.05, 0) is 44.4 Å². The Morgan fingerprint density at radius 1 is 1.28 bits per heavy atom. The van der Waals surface area contributed by atoms with E-state index in [2.05, 4.69) is 0 Å². The normalized spacial score (nSPS) is 12.4. The van der Waals surface area contributed by atoms with Crippen molar-refractivity contribution in [2.24, 2.45) is 0 Å². The van der Waals surface area contributed by atoms with E-state index in [1.165, 1.54) is 6.92 Å². The number of hydrogen-bond donors (Lipinski definition) is 1. The lowest BCUT2D eigenvalue weighted by atomic mass is 10.1. The van der Waals surface area contributed by atoms with Gasteiger partial charge in [0.1, 0.15) is 5.75 Å². The Kier molecular flexibility index (Phi) is 8.24. The molecule has 1 rings (SSSR count). The fourth-order valence-electron chi connectivity index (χ4n) is 2.11. The summed E-state index contributed by atoms with van der Waals surface area (Å²) in [5.74, 6) is -1.68. The van der Waals surface area contributed by atoms with E-state index in [1.807, 2.05) is 5.32 Å². The van der Waals surface area contributed by atoms with Gasteiger partial charge in [-0.25, -0.2) is 0 Å². The average Bonchev–Trinajstić information content (AvgIpc) is 2.51. The van der Waals surface area contributed by atoms with Gasteiger partial charge in [-0.1, -0.05) is 12.1 Å². The molecule has 0 saturated heterocycles. The summed E-state index contributed by atoms with van der Waals surface area (Å²) < 4.78 is 47.0. The van der Waals surface area contributed by atoms with Crippen LogP contribution in [0.1, 0.15) is 32.3 Å². The van der Waals surface area contributed by atoms with Crippen LogP contribution in [0.15, 0.2) is 24.3 Å². The van der Waals surface area contributed by atoms with Crippen LogP contribution in [0.4, 0.5) is 13.2 Å². The zero-order valence-electron chi connectivity index (χ0n) is 14.2. The van der Waals surface area contributed by atoms with E-state index in [1.54, 1.807) is 31.2 Å². The maximum absolute atomic E-state index is 12.2. The smallest absolute Gasteiger partial charge is 0.471 e. The van der Waals surface area contributed by atoms with Crippen LogP contribution in [-0.4, -0.2) is 37.3 Å². The molecule has 0 saturated carbocycles. The van der Waals surface area contributed by atoms with Crippen LogP contribution in [0.3, 0.4) is 0 Å². The third-order valence-corrected chi connectivity index (χ3v) is 3.17. The Labute approximate surface area is 144 Å². The van der Waals surface area contributed by atoms with E-state index in [0.29, 0.717) is 25.4 Å². The molecule has 0 spiro atoms. The molecule has 0 fully saturated rings. The second-order valence-electron chi connectivity index (χ2n) is 5.48. The Balaban J connectivity index is 2.44. The number of rotatable bonds is 9. The van der Waals surface area contributed by atoms with Crippen molar-refractivity contribution in [2.75, 3.05) is 13.2 Å². The molecule has 0 aromatic heterocycles. The number of carbonyl (C=O) groups is 2. The number of esters is 1. The third-order valence-electron chi connectivity index (χ3n) is 3.17. The molecule has 0 radical (unpaired) electrons. The minimum absolute atomic E-state index is 0.238. The van der Waals surface area contributed by atoms with Gasteiger partial charge in [0.15, 0.2) is 0 Å². The summed E-state index contributed by atoms with van der Waals surface area (Å²) in [4.78, 5) is 22.1. The number of amides is 1. The molecule has 1 aromatic rings. The molecule has 1 aromatic carbocycles. The van der Waals surface area contributed by atoms with Crippen molar-refractivity contribution >= 4 is 11.9 Å². The first-order valence-corrected chi connectivity index (χ1v) is 7.97. The summed E-state index contributed by atoms with van der Waals surface area (Å²) in [7, 11) is 0. The number of halogens is 3. The van der Waals surface area contributed by atoms with Gasteiger partial charge in [-0.2, -0.15) is 13.2 Å². The zero-order chi connectivity index (χ0) is 18.9. The summed E-state index contributed by atoms with van der Waals surface area (Å²) in [6, 6.07) is 6.19. The van der Waals surface area contributed by atoms with E-state index in [4.69, 9.17) is 9.47 Å². The predicted octanol–water partition coefficient (Wildman–Crippen LogP) is 3.02. The summed E-state index contributed by atoms with van der Waals surface area (Å²) in [5, 5.41) is 1.91. The third kappa shape index (κ3) is 8.42. The van der Waals surface area contributed by atoms with Crippen LogP contribution in [0.25, 0.3) is 0 Å². The zero-order valence-corrected chi connectivity index (χ0v) is 14.2. The molecule has 0 heterocycles. The molecule has 1 amide bonds. The van der Waals surface area contributed by atoms with Crippen LogP contribution in [-0.2, 0) is 20.7 Å². The predicted molar refractivity (Wildman–Crippen MR) is 85.2 cm³/mol. The minimum atomic E-state index is -4.89. The van der Waals surface area contributed by atoms with Crippen molar-refractivity contribution in [1.82, 2.24) is 5.32 Å². The number of benzene rings is 1. The highest BCUT2D eigenvalue weighted by Gasteiger charge is 2.39. The molecule has 1 atom stereocenters. The summed E-state index contributed by atoms with van der Waals surface area (Å²) in [5.41, 5.74) is 0.734. The highest BCUT2D eigenvalue weighted by Crippen LogP contribution is 2.17. The summed E-state index contributed by atoms with van der Waals surface area (Å²) in [6.07, 6.45) is -3.89. The van der Waals surface area contributed by atoms with Gasteiger partial charge >= 0.3 is 18.1 Å². The Morgan fingerprint density at radius 2 is 2.00 bits per heavy atom. The number of carbonyl (C=O) groups excluding carboxylic acids is 2. The molecular formula is C17H22F3NO4. The second-order valence-corrected chi connectivity index (χ2v) is 5.48. The van der Waals surface area contributed by atoms with Crippen molar-refractivity contribution in [3.63, 3.8) is 0 Å². The van der Waals surface area contributed by atoms with Gasteiger partial charge in [0.2, 0.25) is 0 Å². The Morgan fingerprint density at radius 3 is 2.64 bits per heavy atom. The molecule has 0 aliphatic carbocycles. The Bertz CT molecular complexity index is 575. The number of ether oxygens (including phenoxy) is 2. The lowest BCUT2D eigenvalue weighted by Gasteiger charge is -2.16. The highest BCUT2D eigenvalue weighted by atomic mass is 19.4. The molecule has 0 aliphatic heterocycles. The van der Waals surface area contributed by atoms with Crippen molar-refractivity contribution in [2.45, 2.75) is 45.3 Å². The van der Waals surface area contributed by atoms with Crippen LogP contribution in [0.5, 0.6) is 5.75 Å². The molecule has 1 N–H and O–H groups in total. The van der Waals surface area contributed by atoms with Gasteiger partial charge in [0.25, 0.3) is 0 Å². The quantitative estimate of drug-likeness (QED) is 0.542. The number of alkyl halides is 3. The monoisotopic (exact) mass is 361 g/mol. The lowest BCUT2D eigenvalue weighted by molar-refractivity contribution is -0.174. The second kappa shape index (κ2) is 9.90. The first-order chi connectivity index (χ1) is 11.7. The van der Waals surface area contributed by atoms with E-state index < -0.39 is 18.1 Å². The maximum atomic E-state index is 12.2. The first kappa shape index (κ1) is 20.8. The largest absolute Gasteiger partial charge is 0.494 e. The van der Waals surface area contributed by atoms with Crippen molar-refractivity contribution in [3.8, 4) is 5.75 Å². The van der Waals surface area contributed by atoms with Gasteiger partial charge in [0, 0.05) is 12.5 Å². The van der Waals surface area contributed by atoms with Gasteiger partial charge in [0.05, 0.1) is 13.2 Å². The minimum Gasteiger partial charge on any atom is -0.494 e. The fraction of sp³-hybridized carbons (Fsp3) is 0.529. The maximum Gasteiger partial charge on any atom is 0.471 e. The summed E-state index contributed by atoms with van der Waals surface area (Å²) in [6.45, 7) is 3.89. The van der Waals surface area contributed by atoms with Crippen molar-refractivity contribution < 1.29 is 32.2 Å². The van der Waals surface area contributed by atoms with E-state index in [9.17, 15) is 22.8 Å². The van der Waals surface area contributed by atoms with Crippen LogP contribution in [0.2, 0.25) is 0 Å². The first-order valence-electron chi connectivity index (χ1n) is 7.97. The van der Waals surface area contributed by atoms with Crippen LogP contribution < -0.4 is 10.1 Å². The molecule has 0 aliphatic rings. The molecule has 0 bridgehead atoms. The molecule has 0 unspecified atom stereocenters. The topological polar surface area (TPSA) is 64.6 Å². The lowest BCUT2D eigenvalue weighted by Crippen LogP contribution is -2.42. The van der Waals surface area contributed by atoms with Crippen molar-refractivity contribution in [3.05, 3.63) is 29.8 Å². The molecule has 25 heavy (non-hydrogen) atoms. The number of nitrogens with one attached hydrogen (secondary N) is 1. The molecular weight excluding hydrogens is 339 g/mol. The number of hydrogen-bond acceptors (Lipinski definition) is 4. The average molecular weight is 361 g/mol. The molecule has 5 nitrogen and oxygen atoms in total. The molecule has 8 heteroatoms. The van der Waals surface area contributed by atoms with Crippen molar-refractivity contribution in [1.29, 1.82) is 0 Å². The van der Waals surface area contributed by atoms with Crippen LogP contribution >= 0.6 is 0 Å².